The third kappa shape index (κ3) is 4.32. The van der Waals surface area contributed by atoms with E-state index in [4.69, 9.17) is 0 Å². The van der Waals surface area contributed by atoms with Crippen LogP contribution >= 0.6 is 0 Å². The van der Waals surface area contributed by atoms with Gasteiger partial charge in [-0.1, -0.05) is 24.3 Å². The Kier molecular flexibility index (Phi) is 4.97. The summed E-state index contributed by atoms with van der Waals surface area (Å²) in [5, 5.41) is 11.3. The standard InChI is InChI=1S/C21H18FN5O/c22-19-7-2-5-17(13-19)15-27-11-8-20(25-27)24-21(28)18-6-1-4-16(12-18)14-26-10-3-9-23-26/h1-13H,14-15H2,(H,24,25,28). The van der Waals surface area contributed by atoms with Crippen molar-refractivity contribution in [2.75, 3.05) is 5.32 Å². The third-order valence-corrected chi connectivity index (χ3v) is 4.21. The Balaban J connectivity index is 1.42. The van der Waals surface area contributed by atoms with Crippen molar-refractivity contribution in [3.8, 4) is 0 Å². The first-order chi connectivity index (χ1) is 13.7. The van der Waals surface area contributed by atoms with Gasteiger partial charge < -0.3 is 5.32 Å². The summed E-state index contributed by atoms with van der Waals surface area (Å²) in [6.07, 6.45) is 5.34. The lowest BCUT2D eigenvalue weighted by Crippen LogP contribution is -2.13. The van der Waals surface area contributed by atoms with Crippen molar-refractivity contribution in [2.45, 2.75) is 13.1 Å². The van der Waals surface area contributed by atoms with E-state index in [-0.39, 0.29) is 11.7 Å². The topological polar surface area (TPSA) is 64.7 Å². The molecule has 2 aromatic carbocycles. The number of carbonyl (C=O) groups is 1. The van der Waals surface area contributed by atoms with Crippen molar-refractivity contribution in [1.82, 2.24) is 19.6 Å². The molecule has 0 fully saturated rings. The van der Waals surface area contributed by atoms with Gasteiger partial charge in [-0.25, -0.2) is 4.39 Å². The monoisotopic (exact) mass is 375 g/mol. The fourth-order valence-electron chi connectivity index (χ4n) is 2.92. The van der Waals surface area contributed by atoms with Gasteiger partial charge in [0.15, 0.2) is 5.82 Å². The highest BCUT2D eigenvalue weighted by atomic mass is 19.1. The Morgan fingerprint density at radius 2 is 1.71 bits per heavy atom. The lowest BCUT2D eigenvalue weighted by Gasteiger charge is -2.06. The second-order valence-corrected chi connectivity index (χ2v) is 6.39. The molecule has 0 saturated carbocycles. The highest BCUT2D eigenvalue weighted by Crippen LogP contribution is 2.12. The number of amides is 1. The van der Waals surface area contributed by atoms with Crippen LogP contribution in [0.25, 0.3) is 0 Å². The Morgan fingerprint density at radius 1 is 0.929 bits per heavy atom. The van der Waals surface area contributed by atoms with Crippen molar-refractivity contribution >= 4 is 11.7 Å². The van der Waals surface area contributed by atoms with E-state index in [1.54, 1.807) is 40.0 Å². The first kappa shape index (κ1) is 17.7. The van der Waals surface area contributed by atoms with Crippen molar-refractivity contribution in [3.05, 3.63) is 102 Å². The zero-order chi connectivity index (χ0) is 19.3. The number of rotatable bonds is 6. The van der Waals surface area contributed by atoms with Gasteiger partial charge in [0, 0.05) is 30.2 Å². The Hall–Kier alpha value is -3.74. The maximum Gasteiger partial charge on any atom is 0.256 e. The number of nitrogens with one attached hydrogen (secondary N) is 1. The molecule has 4 rings (SSSR count). The molecule has 4 aromatic rings. The zero-order valence-corrected chi connectivity index (χ0v) is 15.0. The van der Waals surface area contributed by atoms with Gasteiger partial charge in [-0.2, -0.15) is 10.2 Å². The summed E-state index contributed by atoms with van der Waals surface area (Å²) >= 11 is 0. The quantitative estimate of drug-likeness (QED) is 0.560. The number of benzene rings is 2. The average Bonchev–Trinajstić information content (AvgIpc) is 3.34. The first-order valence-electron chi connectivity index (χ1n) is 8.81. The van der Waals surface area contributed by atoms with Gasteiger partial charge in [-0.05, 0) is 41.5 Å². The molecule has 140 valence electrons. The molecule has 0 aliphatic heterocycles. The van der Waals surface area contributed by atoms with Crippen molar-refractivity contribution in [3.63, 3.8) is 0 Å². The molecular formula is C21H18FN5O. The molecule has 2 heterocycles. The van der Waals surface area contributed by atoms with Crippen molar-refractivity contribution < 1.29 is 9.18 Å². The largest absolute Gasteiger partial charge is 0.305 e. The Labute approximate surface area is 161 Å². The van der Waals surface area contributed by atoms with E-state index in [9.17, 15) is 9.18 Å². The molecule has 7 heteroatoms. The summed E-state index contributed by atoms with van der Waals surface area (Å²) in [5.41, 5.74) is 2.32. The molecule has 0 bridgehead atoms. The predicted molar refractivity (Wildman–Crippen MR) is 103 cm³/mol. The van der Waals surface area contributed by atoms with Crippen LogP contribution in [-0.2, 0) is 13.1 Å². The van der Waals surface area contributed by atoms with Gasteiger partial charge in [0.1, 0.15) is 5.82 Å². The normalized spacial score (nSPS) is 10.8. The number of hydrogen-bond acceptors (Lipinski definition) is 3. The number of anilines is 1. The molecule has 0 saturated heterocycles. The molecule has 0 spiro atoms. The van der Waals surface area contributed by atoms with Gasteiger partial charge in [0.2, 0.25) is 0 Å². The summed E-state index contributed by atoms with van der Waals surface area (Å²) in [5.74, 6) is -0.0784. The van der Waals surface area contributed by atoms with E-state index >= 15 is 0 Å². The summed E-state index contributed by atoms with van der Waals surface area (Å²) in [6.45, 7) is 1.02. The maximum atomic E-state index is 13.3. The van der Waals surface area contributed by atoms with Crippen molar-refractivity contribution in [1.29, 1.82) is 0 Å². The summed E-state index contributed by atoms with van der Waals surface area (Å²) < 4.78 is 16.7. The molecule has 0 aliphatic carbocycles. The predicted octanol–water partition coefficient (Wildman–Crippen LogP) is 3.57. The molecule has 2 aromatic heterocycles. The van der Waals surface area contributed by atoms with Crippen LogP contribution < -0.4 is 5.32 Å². The van der Waals surface area contributed by atoms with Crippen LogP contribution in [0, 0.1) is 5.82 Å². The fraction of sp³-hybridized carbons (Fsp3) is 0.0952. The zero-order valence-electron chi connectivity index (χ0n) is 15.0. The summed E-state index contributed by atoms with van der Waals surface area (Å²) in [6, 6.07) is 17.3. The van der Waals surface area contributed by atoms with Crippen LogP contribution in [0.1, 0.15) is 21.5 Å². The molecule has 0 atom stereocenters. The number of carbonyl (C=O) groups excluding carboxylic acids is 1. The van der Waals surface area contributed by atoms with Gasteiger partial charge in [-0.15, -0.1) is 0 Å². The van der Waals surface area contributed by atoms with Gasteiger partial charge in [-0.3, -0.25) is 14.2 Å². The average molecular weight is 375 g/mol. The van der Waals surface area contributed by atoms with Crippen LogP contribution in [-0.4, -0.2) is 25.5 Å². The van der Waals surface area contributed by atoms with Gasteiger partial charge in [0.05, 0.1) is 13.1 Å². The van der Waals surface area contributed by atoms with Crippen LogP contribution in [0.3, 0.4) is 0 Å². The van der Waals surface area contributed by atoms with Crippen LogP contribution in [0.5, 0.6) is 0 Å². The minimum atomic E-state index is -0.284. The molecular weight excluding hydrogens is 357 g/mol. The number of halogens is 1. The highest BCUT2D eigenvalue weighted by Gasteiger charge is 2.09. The van der Waals surface area contributed by atoms with E-state index in [2.05, 4.69) is 15.5 Å². The molecule has 6 nitrogen and oxygen atoms in total. The summed E-state index contributed by atoms with van der Waals surface area (Å²) in [4.78, 5) is 12.5. The van der Waals surface area contributed by atoms with E-state index in [0.717, 1.165) is 11.1 Å². The summed E-state index contributed by atoms with van der Waals surface area (Å²) in [7, 11) is 0. The third-order valence-electron chi connectivity index (χ3n) is 4.21. The lowest BCUT2D eigenvalue weighted by atomic mass is 10.1. The number of hydrogen-bond donors (Lipinski definition) is 1. The first-order valence-corrected chi connectivity index (χ1v) is 8.81. The van der Waals surface area contributed by atoms with Crippen molar-refractivity contribution in [2.24, 2.45) is 0 Å². The van der Waals surface area contributed by atoms with Gasteiger partial charge in [0.25, 0.3) is 5.91 Å². The maximum absolute atomic E-state index is 13.3. The van der Waals surface area contributed by atoms with Gasteiger partial charge >= 0.3 is 0 Å². The lowest BCUT2D eigenvalue weighted by molar-refractivity contribution is 0.102. The van der Waals surface area contributed by atoms with Crippen LogP contribution in [0.4, 0.5) is 10.2 Å². The SMILES string of the molecule is O=C(Nc1ccn(Cc2cccc(F)c2)n1)c1cccc(Cn2cccn2)c1. The minimum absolute atomic E-state index is 0.238. The van der Waals surface area contributed by atoms with Crippen LogP contribution in [0.15, 0.2) is 79.3 Å². The van der Waals surface area contributed by atoms with E-state index in [1.165, 1.54) is 12.1 Å². The smallest absolute Gasteiger partial charge is 0.256 e. The van der Waals surface area contributed by atoms with E-state index in [0.29, 0.717) is 24.5 Å². The fourth-order valence-corrected chi connectivity index (χ4v) is 2.92. The molecule has 1 N–H and O–H groups in total. The molecule has 0 aliphatic rings. The van der Waals surface area contributed by atoms with E-state index in [1.807, 2.05) is 36.5 Å². The second-order valence-electron chi connectivity index (χ2n) is 6.39. The molecule has 28 heavy (non-hydrogen) atoms. The molecule has 0 unspecified atom stereocenters. The van der Waals surface area contributed by atoms with Crippen LogP contribution in [0.2, 0.25) is 0 Å². The highest BCUT2D eigenvalue weighted by molar-refractivity contribution is 6.03. The number of aromatic nitrogens is 4. The minimum Gasteiger partial charge on any atom is -0.305 e. The second kappa shape index (κ2) is 7.87. The Morgan fingerprint density at radius 3 is 2.50 bits per heavy atom. The van der Waals surface area contributed by atoms with E-state index < -0.39 is 0 Å². The Bertz CT molecular complexity index is 1090. The molecule has 1 amide bonds. The molecule has 0 radical (unpaired) electrons. The number of nitrogens with zero attached hydrogens (tertiary/aromatic N) is 4.